The first-order valence-electron chi connectivity index (χ1n) is 5.16. The average molecular weight is 153 g/mol. The Morgan fingerprint density at radius 2 is 1.73 bits per heavy atom. The standard InChI is InChI=1S/C10H19N/c1-3-9(4-1)5-2-6-10-7-11-8-10/h9-11H,1-8H2. The first-order chi connectivity index (χ1) is 5.45. The molecule has 0 radical (unpaired) electrons. The summed E-state index contributed by atoms with van der Waals surface area (Å²) in [6.07, 6.45) is 9.08. The van der Waals surface area contributed by atoms with Crippen LogP contribution in [0.5, 0.6) is 0 Å². The lowest BCUT2D eigenvalue weighted by Gasteiger charge is -2.29. The van der Waals surface area contributed by atoms with Crippen molar-refractivity contribution in [2.75, 3.05) is 13.1 Å². The van der Waals surface area contributed by atoms with E-state index in [2.05, 4.69) is 5.32 Å². The summed E-state index contributed by atoms with van der Waals surface area (Å²) in [7, 11) is 0. The zero-order chi connectivity index (χ0) is 7.52. The molecule has 0 aromatic rings. The van der Waals surface area contributed by atoms with Gasteiger partial charge in [-0.3, -0.25) is 0 Å². The van der Waals surface area contributed by atoms with E-state index < -0.39 is 0 Å². The van der Waals surface area contributed by atoms with Crippen LogP contribution in [0.4, 0.5) is 0 Å². The van der Waals surface area contributed by atoms with Crippen molar-refractivity contribution in [3.05, 3.63) is 0 Å². The van der Waals surface area contributed by atoms with Crippen molar-refractivity contribution in [3.63, 3.8) is 0 Å². The molecular weight excluding hydrogens is 134 g/mol. The highest BCUT2D eigenvalue weighted by atomic mass is 14.9. The molecule has 0 aromatic heterocycles. The van der Waals surface area contributed by atoms with Gasteiger partial charge >= 0.3 is 0 Å². The van der Waals surface area contributed by atoms with Crippen molar-refractivity contribution in [3.8, 4) is 0 Å². The summed E-state index contributed by atoms with van der Waals surface area (Å²) in [4.78, 5) is 0. The minimum Gasteiger partial charge on any atom is -0.316 e. The lowest BCUT2D eigenvalue weighted by atomic mass is 9.81. The van der Waals surface area contributed by atoms with Gasteiger partial charge in [0.1, 0.15) is 0 Å². The van der Waals surface area contributed by atoms with E-state index in [9.17, 15) is 0 Å². The Morgan fingerprint density at radius 1 is 1.00 bits per heavy atom. The Balaban J connectivity index is 1.46. The fraction of sp³-hybridized carbons (Fsp3) is 1.00. The molecule has 1 N–H and O–H groups in total. The smallest absolute Gasteiger partial charge is 0.000826 e. The molecule has 0 bridgehead atoms. The van der Waals surface area contributed by atoms with Gasteiger partial charge in [-0.15, -0.1) is 0 Å². The Hall–Kier alpha value is -0.0400. The van der Waals surface area contributed by atoms with Crippen molar-refractivity contribution < 1.29 is 0 Å². The van der Waals surface area contributed by atoms with Gasteiger partial charge in [0.2, 0.25) is 0 Å². The maximum atomic E-state index is 3.33. The summed E-state index contributed by atoms with van der Waals surface area (Å²) in [5.74, 6) is 2.16. The molecule has 1 heteroatoms. The van der Waals surface area contributed by atoms with Crippen molar-refractivity contribution in [1.82, 2.24) is 5.32 Å². The van der Waals surface area contributed by atoms with Crippen LogP contribution >= 0.6 is 0 Å². The first kappa shape index (κ1) is 7.60. The summed E-state index contributed by atoms with van der Waals surface area (Å²) in [6, 6.07) is 0. The molecule has 1 heterocycles. The van der Waals surface area contributed by atoms with E-state index in [0.717, 1.165) is 11.8 Å². The topological polar surface area (TPSA) is 12.0 Å². The van der Waals surface area contributed by atoms with Crippen LogP contribution in [0.3, 0.4) is 0 Å². The number of hydrogen-bond donors (Lipinski definition) is 1. The van der Waals surface area contributed by atoms with E-state index in [-0.39, 0.29) is 0 Å². The monoisotopic (exact) mass is 153 g/mol. The Kier molecular flexibility index (Phi) is 2.47. The quantitative estimate of drug-likeness (QED) is 0.652. The normalized spacial score (nSPS) is 26.2. The van der Waals surface area contributed by atoms with E-state index in [0.29, 0.717) is 0 Å². The van der Waals surface area contributed by atoms with Gasteiger partial charge in [0.05, 0.1) is 0 Å². The molecule has 11 heavy (non-hydrogen) atoms. The maximum absolute atomic E-state index is 3.33. The summed E-state index contributed by atoms with van der Waals surface area (Å²) >= 11 is 0. The van der Waals surface area contributed by atoms with E-state index >= 15 is 0 Å². The number of hydrogen-bond acceptors (Lipinski definition) is 1. The molecule has 0 aromatic carbocycles. The number of rotatable bonds is 4. The minimum absolute atomic E-state index is 1.04. The van der Waals surface area contributed by atoms with Crippen LogP contribution in [0.25, 0.3) is 0 Å². The zero-order valence-electron chi connectivity index (χ0n) is 7.31. The molecule has 2 fully saturated rings. The highest BCUT2D eigenvalue weighted by Crippen LogP contribution is 2.31. The van der Waals surface area contributed by atoms with Gasteiger partial charge in [0.25, 0.3) is 0 Å². The van der Waals surface area contributed by atoms with Crippen LogP contribution in [0.2, 0.25) is 0 Å². The van der Waals surface area contributed by atoms with Gasteiger partial charge in [-0.1, -0.05) is 32.1 Å². The Labute approximate surface area is 69.6 Å². The molecule has 0 atom stereocenters. The fourth-order valence-electron chi connectivity index (χ4n) is 2.03. The van der Waals surface area contributed by atoms with Crippen LogP contribution in [0.1, 0.15) is 38.5 Å². The number of nitrogens with one attached hydrogen (secondary N) is 1. The second-order valence-corrected chi connectivity index (χ2v) is 4.25. The SMILES string of the molecule is C1CC(CCCC2CNC2)C1. The molecule has 1 aliphatic heterocycles. The minimum atomic E-state index is 1.04. The van der Waals surface area contributed by atoms with Gasteiger partial charge in [-0.05, 0) is 31.3 Å². The third-order valence-electron chi connectivity index (χ3n) is 3.32. The molecule has 1 nitrogen and oxygen atoms in total. The van der Waals surface area contributed by atoms with Gasteiger partial charge in [-0.2, -0.15) is 0 Å². The molecular formula is C10H19N. The fourth-order valence-corrected chi connectivity index (χ4v) is 2.03. The molecule has 2 rings (SSSR count). The lowest BCUT2D eigenvalue weighted by Crippen LogP contribution is -2.41. The van der Waals surface area contributed by atoms with E-state index in [1.54, 1.807) is 0 Å². The van der Waals surface area contributed by atoms with Crippen LogP contribution < -0.4 is 5.32 Å². The molecule has 64 valence electrons. The highest BCUT2D eigenvalue weighted by molar-refractivity contribution is 4.76. The van der Waals surface area contributed by atoms with Gasteiger partial charge in [0.15, 0.2) is 0 Å². The largest absolute Gasteiger partial charge is 0.316 e. The van der Waals surface area contributed by atoms with Gasteiger partial charge in [0, 0.05) is 0 Å². The second kappa shape index (κ2) is 3.57. The molecule has 2 aliphatic rings. The van der Waals surface area contributed by atoms with Crippen molar-refractivity contribution in [1.29, 1.82) is 0 Å². The van der Waals surface area contributed by atoms with Crippen LogP contribution in [0, 0.1) is 11.8 Å². The second-order valence-electron chi connectivity index (χ2n) is 4.25. The molecule has 1 aliphatic carbocycles. The Morgan fingerprint density at radius 3 is 2.18 bits per heavy atom. The van der Waals surface area contributed by atoms with E-state index in [4.69, 9.17) is 0 Å². The van der Waals surface area contributed by atoms with Crippen LogP contribution in [-0.4, -0.2) is 13.1 Å². The summed E-state index contributed by atoms with van der Waals surface area (Å²) in [5.41, 5.74) is 0. The molecule has 0 unspecified atom stereocenters. The third kappa shape index (κ3) is 1.96. The van der Waals surface area contributed by atoms with Crippen LogP contribution in [0.15, 0.2) is 0 Å². The van der Waals surface area contributed by atoms with E-state index in [1.807, 2.05) is 0 Å². The van der Waals surface area contributed by atoms with E-state index in [1.165, 1.54) is 51.6 Å². The third-order valence-corrected chi connectivity index (χ3v) is 3.32. The highest BCUT2D eigenvalue weighted by Gasteiger charge is 2.19. The van der Waals surface area contributed by atoms with Crippen molar-refractivity contribution in [2.45, 2.75) is 38.5 Å². The predicted octanol–water partition coefficient (Wildman–Crippen LogP) is 2.18. The lowest BCUT2D eigenvalue weighted by molar-refractivity contribution is 0.259. The summed E-state index contributed by atoms with van der Waals surface area (Å²) in [6.45, 7) is 2.59. The molecule has 1 saturated carbocycles. The summed E-state index contributed by atoms with van der Waals surface area (Å²) in [5, 5.41) is 3.33. The average Bonchev–Trinajstić information content (AvgIpc) is 1.79. The molecule has 0 amide bonds. The zero-order valence-corrected chi connectivity index (χ0v) is 7.31. The maximum Gasteiger partial charge on any atom is -0.000826 e. The molecule has 0 spiro atoms. The van der Waals surface area contributed by atoms with Crippen molar-refractivity contribution in [2.24, 2.45) is 11.8 Å². The van der Waals surface area contributed by atoms with Gasteiger partial charge in [-0.25, -0.2) is 0 Å². The molecule has 1 saturated heterocycles. The van der Waals surface area contributed by atoms with Gasteiger partial charge < -0.3 is 5.32 Å². The van der Waals surface area contributed by atoms with Crippen molar-refractivity contribution >= 4 is 0 Å². The summed E-state index contributed by atoms with van der Waals surface area (Å²) < 4.78 is 0. The Bertz CT molecular complexity index is 100. The van der Waals surface area contributed by atoms with Crippen LogP contribution in [-0.2, 0) is 0 Å². The first-order valence-corrected chi connectivity index (χ1v) is 5.16. The predicted molar refractivity (Wildman–Crippen MR) is 47.6 cm³/mol.